The van der Waals surface area contributed by atoms with E-state index in [2.05, 4.69) is 39.5 Å². The number of ether oxygens (including phenoxy) is 1. The maximum absolute atomic E-state index is 6.01. The van der Waals surface area contributed by atoms with Crippen LogP contribution in [0.15, 0.2) is 0 Å². The van der Waals surface area contributed by atoms with Gasteiger partial charge < -0.3 is 9.64 Å². The first-order valence-electron chi connectivity index (χ1n) is 9.35. The highest BCUT2D eigenvalue weighted by Gasteiger charge is 2.30. The van der Waals surface area contributed by atoms with Crippen LogP contribution in [-0.4, -0.2) is 36.2 Å². The van der Waals surface area contributed by atoms with Crippen LogP contribution >= 0.6 is 0 Å². The second-order valence-corrected chi connectivity index (χ2v) is 8.20. The molecule has 2 unspecified atom stereocenters. The van der Waals surface area contributed by atoms with E-state index in [1.165, 1.54) is 51.6 Å². The van der Waals surface area contributed by atoms with E-state index in [4.69, 9.17) is 4.74 Å². The molecule has 1 saturated carbocycles. The highest BCUT2D eigenvalue weighted by atomic mass is 16.5. The second kappa shape index (κ2) is 7.97. The van der Waals surface area contributed by atoms with E-state index < -0.39 is 0 Å². The molecule has 2 atom stereocenters. The van der Waals surface area contributed by atoms with Gasteiger partial charge in [0.2, 0.25) is 0 Å². The summed E-state index contributed by atoms with van der Waals surface area (Å²) in [5.41, 5.74) is 0. The molecule has 2 fully saturated rings. The molecule has 2 aliphatic rings. The summed E-state index contributed by atoms with van der Waals surface area (Å²) in [6.45, 7) is 14.1. The summed E-state index contributed by atoms with van der Waals surface area (Å²) in [4.78, 5) is 2.74. The van der Waals surface area contributed by atoms with Gasteiger partial charge in [0.1, 0.15) is 0 Å². The summed E-state index contributed by atoms with van der Waals surface area (Å²) in [7, 11) is 0. The van der Waals surface area contributed by atoms with Crippen molar-refractivity contribution in [2.45, 2.75) is 91.4 Å². The highest BCUT2D eigenvalue weighted by molar-refractivity contribution is 4.83. The number of rotatable bonds is 5. The van der Waals surface area contributed by atoms with Gasteiger partial charge in [0, 0.05) is 19.1 Å². The Morgan fingerprint density at radius 3 is 2.19 bits per heavy atom. The fourth-order valence-corrected chi connectivity index (χ4v) is 4.33. The van der Waals surface area contributed by atoms with Crippen molar-refractivity contribution in [2.24, 2.45) is 17.8 Å². The van der Waals surface area contributed by atoms with Crippen molar-refractivity contribution in [3.8, 4) is 0 Å². The van der Waals surface area contributed by atoms with Crippen molar-refractivity contribution in [1.29, 1.82) is 0 Å². The Balaban J connectivity index is 1.72. The van der Waals surface area contributed by atoms with Crippen molar-refractivity contribution in [3.05, 3.63) is 0 Å². The van der Waals surface area contributed by atoms with Gasteiger partial charge in [-0.2, -0.15) is 0 Å². The van der Waals surface area contributed by atoms with Crippen LogP contribution in [0, 0.1) is 17.8 Å². The predicted octanol–water partition coefficient (Wildman–Crippen LogP) is 4.73. The number of hydrogen-bond acceptors (Lipinski definition) is 2. The Bertz CT molecular complexity index is 294. The summed E-state index contributed by atoms with van der Waals surface area (Å²) in [6, 6.07) is 0.699. The molecular weight excluding hydrogens is 258 g/mol. The molecule has 0 bridgehead atoms. The molecule has 2 rings (SSSR count). The van der Waals surface area contributed by atoms with Crippen LogP contribution in [-0.2, 0) is 4.74 Å². The van der Waals surface area contributed by atoms with E-state index in [9.17, 15) is 0 Å². The molecule has 2 heteroatoms. The van der Waals surface area contributed by atoms with Crippen LogP contribution in [0.1, 0.15) is 73.1 Å². The van der Waals surface area contributed by atoms with Crippen molar-refractivity contribution >= 4 is 0 Å². The fourth-order valence-electron chi connectivity index (χ4n) is 4.33. The van der Waals surface area contributed by atoms with E-state index in [1.54, 1.807) is 0 Å². The van der Waals surface area contributed by atoms with Crippen LogP contribution in [0.5, 0.6) is 0 Å². The van der Waals surface area contributed by atoms with Crippen molar-refractivity contribution < 1.29 is 4.74 Å². The van der Waals surface area contributed by atoms with E-state index in [-0.39, 0.29) is 0 Å². The van der Waals surface area contributed by atoms with Gasteiger partial charge in [-0.25, -0.2) is 0 Å². The molecule has 0 spiro atoms. The maximum Gasteiger partial charge on any atom is 0.0605 e. The van der Waals surface area contributed by atoms with Crippen LogP contribution in [0.3, 0.4) is 0 Å². The molecule has 1 aliphatic carbocycles. The number of hydrogen-bond donors (Lipinski definition) is 0. The molecule has 1 aliphatic heterocycles. The van der Waals surface area contributed by atoms with Crippen molar-refractivity contribution in [1.82, 2.24) is 4.90 Å². The third-order valence-corrected chi connectivity index (χ3v) is 5.76. The summed E-state index contributed by atoms with van der Waals surface area (Å²) in [5.74, 6) is 2.82. The average Bonchev–Trinajstić information content (AvgIpc) is 2.42. The lowest BCUT2D eigenvalue weighted by atomic mass is 9.76. The first kappa shape index (κ1) is 17.3. The molecule has 2 nitrogen and oxygen atoms in total. The third kappa shape index (κ3) is 5.25. The zero-order valence-corrected chi connectivity index (χ0v) is 15.0. The predicted molar refractivity (Wildman–Crippen MR) is 90.6 cm³/mol. The molecular formula is C19H37NO. The lowest BCUT2D eigenvalue weighted by Crippen LogP contribution is -2.46. The molecule has 1 heterocycles. The van der Waals surface area contributed by atoms with E-state index in [1.807, 2.05) is 0 Å². The lowest BCUT2D eigenvalue weighted by Gasteiger charge is -2.41. The Morgan fingerprint density at radius 2 is 1.67 bits per heavy atom. The van der Waals surface area contributed by atoms with Crippen LogP contribution in [0.2, 0.25) is 0 Å². The summed E-state index contributed by atoms with van der Waals surface area (Å²) < 4.78 is 6.01. The van der Waals surface area contributed by atoms with Gasteiger partial charge in [-0.1, -0.05) is 13.8 Å². The standard InChI is InChI=1S/C19H37NO/c1-14(2)18-8-6-17(7-9-18)13-20-11-10-19(12-16(20)5)21-15(3)4/h14-19H,6-13H2,1-5H3. The molecule has 0 aromatic rings. The topological polar surface area (TPSA) is 12.5 Å². The minimum Gasteiger partial charge on any atom is -0.375 e. The Morgan fingerprint density at radius 1 is 1.00 bits per heavy atom. The normalized spacial score (nSPS) is 35.6. The SMILES string of the molecule is CC(C)OC1CCN(CC2CCC(C(C)C)CC2)C(C)C1. The summed E-state index contributed by atoms with van der Waals surface area (Å²) in [5, 5.41) is 0. The minimum atomic E-state index is 0.375. The Labute approximate surface area is 132 Å². The molecule has 0 aromatic carbocycles. The molecule has 0 aromatic heterocycles. The third-order valence-electron chi connectivity index (χ3n) is 5.76. The first-order valence-corrected chi connectivity index (χ1v) is 9.35. The number of likely N-dealkylation sites (tertiary alicyclic amines) is 1. The Hall–Kier alpha value is -0.0800. The lowest BCUT2D eigenvalue weighted by molar-refractivity contribution is -0.0452. The first-order chi connectivity index (χ1) is 9.95. The zero-order valence-electron chi connectivity index (χ0n) is 15.0. The largest absolute Gasteiger partial charge is 0.375 e. The Kier molecular flexibility index (Phi) is 6.55. The zero-order chi connectivity index (χ0) is 15.4. The van der Waals surface area contributed by atoms with Crippen LogP contribution in [0.4, 0.5) is 0 Å². The van der Waals surface area contributed by atoms with Gasteiger partial charge in [0.05, 0.1) is 12.2 Å². The highest BCUT2D eigenvalue weighted by Crippen LogP contribution is 2.34. The van der Waals surface area contributed by atoms with Gasteiger partial charge in [0.15, 0.2) is 0 Å². The monoisotopic (exact) mass is 295 g/mol. The molecule has 0 amide bonds. The molecule has 124 valence electrons. The van der Waals surface area contributed by atoms with E-state index in [0.717, 1.165) is 17.8 Å². The molecule has 21 heavy (non-hydrogen) atoms. The number of nitrogens with zero attached hydrogens (tertiary/aromatic N) is 1. The van der Waals surface area contributed by atoms with E-state index >= 15 is 0 Å². The second-order valence-electron chi connectivity index (χ2n) is 8.20. The number of piperidine rings is 1. The van der Waals surface area contributed by atoms with Crippen LogP contribution < -0.4 is 0 Å². The van der Waals surface area contributed by atoms with Crippen molar-refractivity contribution in [2.75, 3.05) is 13.1 Å². The molecule has 0 radical (unpaired) electrons. The van der Waals surface area contributed by atoms with Gasteiger partial charge in [-0.3, -0.25) is 0 Å². The molecule has 0 N–H and O–H groups in total. The smallest absolute Gasteiger partial charge is 0.0605 e. The maximum atomic E-state index is 6.01. The van der Waals surface area contributed by atoms with Gasteiger partial charge in [-0.05, 0) is 77.0 Å². The van der Waals surface area contributed by atoms with Gasteiger partial charge >= 0.3 is 0 Å². The summed E-state index contributed by atoms with van der Waals surface area (Å²) >= 11 is 0. The van der Waals surface area contributed by atoms with Crippen LogP contribution in [0.25, 0.3) is 0 Å². The average molecular weight is 296 g/mol. The van der Waals surface area contributed by atoms with Gasteiger partial charge in [0.25, 0.3) is 0 Å². The fraction of sp³-hybridized carbons (Fsp3) is 1.00. The summed E-state index contributed by atoms with van der Waals surface area (Å²) in [6.07, 6.45) is 9.15. The van der Waals surface area contributed by atoms with Gasteiger partial charge in [-0.15, -0.1) is 0 Å². The minimum absolute atomic E-state index is 0.375. The molecule has 1 saturated heterocycles. The quantitative estimate of drug-likeness (QED) is 0.727. The van der Waals surface area contributed by atoms with E-state index in [0.29, 0.717) is 18.2 Å². The van der Waals surface area contributed by atoms with Crippen molar-refractivity contribution in [3.63, 3.8) is 0 Å².